The molecule has 12 nitrogen and oxygen atoms in total. The third kappa shape index (κ3) is 6.83. The van der Waals surface area contributed by atoms with Crippen LogP contribution in [0.2, 0.25) is 5.02 Å². The number of methoxy groups -OCH3 is 2. The number of carbonyl (C=O) groups is 2. The number of rotatable bonds is 4. The zero-order valence-electron chi connectivity index (χ0n) is 30.2. The zero-order chi connectivity index (χ0) is 36.8. The van der Waals surface area contributed by atoms with Crippen molar-refractivity contribution in [1.29, 1.82) is 0 Å². The summed E-state index contributed by atoms with van der Waals surface area (Å²) in [4.78, 5) is 30.1. The predicted molar refractivity (Wildman–Crippen MR) is 197 cm³/mol. The molecule has 3 heterocycles. The summed E-state index contributed by atoms with van der Waals surface area (Å²) in [7, 11) is 0.802. The number of benzene rings is 2. The topological polar surface area (TPSA) is 134 Å². The first-order chi connectivity index (χ1) is 24.8. The van der Waals surface area contributed by atoms with Crippen molar-refractivity contribution < 1.29 is 32.7 Å². The number of aryl methyl sites for hydroxylation is 2. The summed E-state index contributed by atoms with van der Waals surface area (Å²) in [6, 6.07) is 11.3. The molecular weight excluding hydrogens is 706 g/mol. The third-order valence-corrected chi connectivity index (χ3v) is 13.0. The molecule has 2 amide bonds. The van der Waals surface area contributed by atoms with E-state index in [2.05, 4.69) is 31.2 Å². The van der Waals surface area contributed by atoms with Crippen LogP contribution in [0, 0.1) is 11.8 Å². The summed E-state index contributed by atoms with van der Waals surface area (Å²) in [5.74, 6) is -0.320. The Hall–Kier alpha value is -3.91. The second-order valence-corrected chi connectivity index (χ2v) is 17.1. The van der Waals surface area contributed by atoms with Gasteiger partial charge in [0.25, 0.3) is 11.8 Å². The Morgan fingerprint density at radius 3 is 2.73 bits per heavy atom. The first-order valence-corrected chi connectivity index (χ1v) is 19.6. The van der Waals surface area contributed by atoms with E-state index in [0.717, 1.165) is 37.8 Å². The number of nitrogens with one attached hydrogen (secondary N) is 1. The Balaban J connectivity index is 1.38. The van der Waals surface area contributed by atoms with Crippen LogP contribution in [0.15, 0.2) is 64.0 Å². The van der Waals surface area contributed by atoms with E-state index in [0.29, 0.717) is 36.4 Å². The van der Waals surface area contributed by atoms with E-state index >= 15 is 4.21 Å². The molecule has 2 bridgehead atoms. The monoisotopic (exact) mass is 751 g/mol. The molecule has 52 heavy (non-hydrogen) atoms. The molecule has 3 aromatic rings. The van der Waals surface area contributed by atoms with Crippen LogP contribution in [-0.4, -0.2) is 78.0 Å². The largest absolute Gasteiger partial charge is 0.490 e. The Morgan fingerprint density at radius 2 is 1.98 bits per heavy atom. The lowest BCUT2D eigenvalue weighted by atomic mass is 9.68. The number of anilines is 1. The maximum Gasteiger partial charge on any atom is 0.287 e. The second kappa shape index (κ2) is 14.1. The molecule has 1 fully saturated rings. The van der Waals surface area contributed by atoms with Gasteiger partial charge in [-0.2, -0.15) is 0 Å². The first kappa shape index (κ1) is 36.4. The quantitative estimate of drug-likeness (QED) is 0.336. The molecule has 7 rings (SSSR count). The number of hydrogen-bond acceptors (Lipinski definition) is 9. The van der Waals surface area contributed by atoms with Crippen molar-refractivity contribution in [3.63, 3.8) is 0 Å². The van der Waals surface area contributed by atoms with Crippen LogP contribution in [0.5, 0.6) is 11.6 Å². The van der Waals surface area contributed by atoms with Gasteiger partial charge >= 0.3 is 0 Å². The maximum atomic E-state index is 15.2. The van der Waals surface area contributed by atoms with Gasteiger partial charge in [-0.1, -0.05) is 29.8 Å². The first-order valence-electron chi connectivity index (χ1n) is 17.7. The van der Waals surface area contributed by atoms with E-state index in [4.69, 9.17) is 30.5 Å². The van der Waals surface area contributed by atoms with Gasteiger partial charge in [0.05, 0.1) is 37.0 Å². The van der Waals surface area contributed by atoms with Crippen molar-refractivity contribution in [1.82, 2.24) is 14.5 Å². The van der Waals surface area contributed by atoms with Crippen LogP contribution in [0.1, 0.15) is 61.0 Å². The summed E-state index contributed by atoms with van der Waals surface area (Å²) in [5, 5.41) is 4.88. The molecule has 14 heteroatoms. The molecule has 2 aliphatic heterocycles. The number of hydrogen-bond donors (Lipinski definition) is 1. The van der Waals surface area contributed by atoms with Crippen LogP contribution in [0.4, 0.5) is 5.69 Å². The SMILES string of the molecule is COc1nn(C)cc1C(=O)NS1(=O)=NC(=O)C(C)(C)OC/C=C\[C@H](OC)[C@@H]2CC[C@H]2CN2C[C@@]3(CCCc4cc(Cl)ccc43)COc3ccc1cc32. The van der Waals surface area contributed by atoms with Gasteiger partial charge in [-0.05, 0) is 99.2 Å². The molecule has 1 saturated carbocycles. The summed E-state index contributed by atoms with van der Waals surface area (Å²) < 4.78 is 47.4. The minimum absolute atomic E-state index is 0.0447. The van der Waals surface area contributed by atoms with E-state index in [1.165, 1.54) is 29.1 Å². The van der Waals surface area contributed by atoms with Gasteiger partial charge in [-0.15, -0.1) is 9.46 Å². The summed E-state index contributed by atoms with van der Waals surface area (Å²) in [5.41, 5.74) is 1.43. The van der Waals surface area contributed by atoms with E-state index in [1.54, 1.807) is 46.2 Å². The van der Waals surface area contributed by atoms with E-state index in [9.17, 15) is 9.59 Å². The van der Waals surface area contributed by atoms with Gasteiger partial charge in [0.1, 0.15) is 16.9 Å². The normalized spacial score (nSPS) is 29.0. The number of amides is 2. The zero-order valence-corrected chi connectivity index (χ0v) is 31.8. The molecule has 1 unspecified atom stereocenters. The molecule has 278 valence electrons. The average Bonchev–Trinajstić information content (AvgIpc) is 3.42. The molecule has 2 aliphatic carbocycles. The number of carbonyl (C=O) groups excluding carboxylic acids is 2. The van der Waals surface area contributed by atoms with Crippen molar-refractivity contribution >= 4 is 39.0 Å². The summed E-state index contributed by atoms with van der Waals surface area (Å²) in [6.45, 7) is 5.04. The number of aromatic nitrogens is 2. The Morgan fingerprint density at radius 1 is 1.15 bits per heavy atom. The highest BCUT2D eigenvalue weighted by molar-refractivity contribution is 7.92. The maximum absolute atomic E-state index is 15.2. The third-order valence-electron chi connectivity index (χ3n) is 11.0. The van der Waals surface area contributed by atoms with Crippen molar-refractivity contribution in [2.24, 2.45) is 23.2 Å². The highest BCUT2D eigenvalue weighted by atomic mass is 35.5. The summed E-state index contributed by atoms with van der Waals surface area (Å²) >= 11 is 6.47. The molecule has 1 spiro atoms. The van der Waals surface area contributed by atoms with Crippen molar-refractivity contribution in [3.8, 4) is 11.6 Å². The molecular formula is C38H46ClN5O7S. The van der Waals surface area contributed by atoms with E-state index in [1.807, 2.05) is 18.2 Å². The second-order valence-electron chi connectivity index (χ2n) is 14.8. The number of ether oxygens (including phenoxy) is 4. The lowest BCUT2D eigenvalue weighted by Crippen LogP contribution is -2.49. The number of fused-ring (bicyclic) bond motifs is 4. The van der Waals surface area contributed by atoms with Crippen LogP contribution in [0.25, 0.3) is 0 Å². The molecule has 0 saturated heterocycles. The molecule has 2 aromatic carbocycles. The van der Waals surface area contributed by atoms with Crippen LogP contribution in [0.3, 0.4) is 0 Å². The fraction of sp³-hybridized carbons (Fsp3) is 0.500. The summed E-state index contributed by atoms with van der Waals surface area (Å²) in [6.07, 6.45) is 10.1. The van der Waals surface area contributed by atoms with Crippen LogP contribution >= 0.6 is 11.6 Å². The smallest absolute Gasteiger partial charge is 0.287 e. The van der Waals surface area contributed by atoms with Crippen molar-refractivity contribution in [2.75, 3.05) is 45.4 Å². The lowest BCUT2D eigenvalue weighted by Gasteiger charge is -2.46. The van der Waals surface area contributed by atoms with Gasteiger partial charge in [0.2, 0.25) is 5.88 Å². The van der Waals surface area contributed by atoms with Gasteiger partial charge < -0.3 is 23.8 Å². The Bertz CT molecular complexity index is 2040. The highest BCUT2D eigenvalue weighted by Crippen LogP contribution is 2.47. The standard InChI is InChI=1S/C38H46ClN5O7S/c1-37(2)36(46)42-52(47,41-34(45)29-21-43(3)40-35(29)49-5)27-12-15-33-31(19-27)44(20-25-10-13-28(25)32(48-4)9-7-17-51-37)22-38(23-50-33)16-6-8-24-18-26(39)11-14-30(24)38/h7,9,11-12,14-15,18-19,21,25,28,32H,6,8,10,13,16-17,20,22-23H2,1-5H3,(H,41,42,45,46,47)/b9-7-/t25-,28+,32-,38-,52?/m0/s1. The molecule has 5 atom stereocenters. The number of nitrogens with zero attached hydrogens (tertiary/aromatic N) is 4. The van der Waals surface area contributed by atoms with Gasteiger partial charge in [-0.25, -0.2) is 4.21 Å². The highest BCUT2D eigenvalue weighted by Gasteiger charge is 2.45. The Kier molecular flexibility index (Phi) is 9.92. The molecule has 1 N–H and O–H groups in total. The predicted octanol–water partition coefficient (Wildman–Crippen LogP) is 5.66. The van der Waals surface area contributed by atoms with Gasteiger partial charge in [0.15, 0.2) is 9.92 Å². The van der Waals surface area contributed by atoms with Crippen LogP contribution < -0.4 is 19.1 Å². The lowest BCUT2D eigenvalue weighted by molar-refractivity contribution is -0.137. The van der Waals surface area contributed by atoms with Crippen molar-refractivity contribution in [2.45, 2.75) is 68.0 Å². The van der Waals surface area contributed by atoms with Gasteiger partial charge in [-0.3, -0.25) is 19.0 Å². The van der Waals surface area contributed by atoms with Gasteiger partial charge in [0, 0.05) is 43.9 Å². The minimum atomic E-state index is -3.95. The fourth-order valence-corrected chi connectivity index (χ4v) is 9.83. The number of halogens is 1. The minimum Gasteiger partial charge on any atom is -0.490 e. The molecule has 1 aromatic heterocycles. The Labute approximate surface area is 310 Å². The fourth-order valence-electron chi connectivity index (χ4n) is 8.02. The molecule has 4 aliphatic rings. The molecule has 0 radical (unpaired) electrons. The van der Waals surface area contributed by atoms with Crippen LogP contribution in [-0.2, 0) is 43.1 Å². The average molecular weight is 752 g/mol. The van der Waals surface area contributed by atoms with Crippen molar-refractivity contribution in [3.05, 3.63) is 76.5 Å². The van der Waals surface area contributed by atoms with E-state index in [-0.39, 0.29) is 40.4 Å². The van der Waals surface area contributed by atoms with E-state index < -0.39 is 27.3 Å².